The first-order chi connectivity index (χ1) is 13.8. The van der Waals surface area contributed by atoms with E-state index in [1.54, 1.807) is 18.7 Å². The van der Waals surface area contributed by atoms with Crippen molar-refractivity contribution in [2.45, 2.75) is 18.8 Å². The van der Waals surface area contributed by atoms with Crippen molar-refractivity contribution in [1.82, 2.24) is 29.4 Å². The fraction of sp³-hybridized carbons (Fsp3) is 0.238. The summed E-state index contributed by atoms with van der Waals surface area (Å²) in [5.74, 6) is 2.17. The number of rotatable bonds is 3. The molecule has 7 nitrogen and oxygen atoms in total. The number of amides is 1. The molecule has 7 heteroatoms. The Balaban J connectivity index is 1.25. The molecule has 0 spiro atoms. The topological polar surface area (TPSA) is 79.7 Å². The number of H-pyrrole nitrogens is 1. The first-order valence-electron chi connectivity index (χ1n) is 9.46. The highest BCUT2D eigenvalue weighted by Gasteiger charge is 2.26. The minimum atomic E-state index is 0.0349. The van der Waals surface area contributed by atoms with Gasteiger partial charge in [-0.3, -0.25) is 9.36 Å². The molecular weight excluding hydrogens is 352 g/mol. The zero-order chi connectivity index (χ0) is 18.9. The zero-order valence-electron chi connectivity index (χ0n) is 15.3. The number of carbonyl (C=O) groups is 1. The third-order valence-corrected chi connectivity index (χ3v) is 5.34. The van der Waals surface area contributed by atoms with Gasteiger partial charge in [0.05, 0.1) is 16.6 Å². The molecule has 1 aliphatic heterocycles. The maximum absolute atomic E-state index is 12.8. The minimum Gasteiger partial charge on any atom is -0.342 e. The molecule has 0 radical (unpaired) electrons. The van der Waals surface area contributed by atoms with E-state index in [0.717, 1.165) is 48.6 Å². The number of carbonyl (C=O) groups excluding carboxylic acids is 1. The van der Waals surface area contributed by atoms with Crippen molar-refractivity contribution in [3.63, 3.8) is 0 Å². The fourth-order valence-electron chi connectivity index (χ4n) is 3.76. The van der Waals surface area contributed by atoms with Crippen molar-refractivity contribution in [1.29, 1.82) is 0 Å². The molecule has 4 aromatic rings. The summed E-state index contributed by atoms with van der Waals surface area (Å²) >= 11 is 0. The summed E-state index contributed by atoms with van der Waals surface area (Å²) in [6.07, 6.45) is 8.67. The van der Waals surface area contributed by atoms with E-state index in [1.807, 2.05) is 52.1 Å². The predicted molar refractivity (Wildman–Crippen MR) is 105 cm³/mol. The van der Waals surface area contributed by atoms with Crippen LogP contribution in [0.25, 0.3) is 16.9 Å². The van der Waals surface area contributed by atoms with Crippen molar-refractivity contribution < 1.29 is 4.79 Å². The highest BCUT2D eigenvalue weighted by atomic mass is 16.2. The van der Waals surface area contributed by atoms with Crippen LogP contribution in [0.2, 0.25) is 0 Å². The van der Waals surface area contributed by atoms with Gasteiger partial charge in [0, 0.05) is 37.6 Å². The summed E-state index contributed by atoms with van der Waals surface area (Å²) in [5.41, 5.74) is 2.69. The number of nitrogens with one attached hydrogen (secondary N) is 1. The van der Waals surface area contributed by atoms with Gasteiger partial charge in [0.2, 0.25) is 0 Å². The van der Waals surface area contributed by atoms with Crippen LogP contribution in [0, 0.1) is 0 Å². The van der Waals surface area contributed by atoms with E-state index in [9.17, 15) is 4.79 Å². The summed E-state index contributed by atoms with van der Waals surface area (Å²) < 4.78 is 1.81. The van der Waals surface area contributed by atoms with Crippen LogP contribution < -0.4 is 0 Å². The largest absolute Gasteiger partial charge is 0.342 e. The molecule has 1 fully saturated rings. The van der Waals surface area contributed by atoms with Crippen molar-refractivity contribution in [3.8, 4) is 5.82 Å². The number of benzene rings is 1. The monoisotopic (exact) mass is 372 g/mol. The Hall–Kier alpha value is -3.48. The first kappa shape index (κ1) is 16.7. The molecule has 0 bridgehead atoms. The Morgan fingerprint density at radius 1 is 1.11 bits per heavy atom. The summed E-state index contributed by atoms with van der Waals surface area (Å²) in [5, 5.41) is 0. The summed E-state index contributed by atoms with van der Waals surface area (Å²) in [4.78, 5) is 31.3. The van der Waals surface area contributed by atoms with Gasteiger partial charge in [-0.2, -0.15) is 0 Å². The standard InChI is InChI=1S/C21H20N6O/c28-21(16-5-6-19(23-13-16)27-12-9-22-14-27)26-10-7-15(8-11-26)20-24-17-3-1-2-4-18(17)25-20/h1-6,9,12-15H,7-8,10-11H2,(H,24,25). The molecule has 4 heterocycles. The van der Waals surface area contributed by atoms with Crippen molar-refractivity contribution in [3.05, 3.63) is 72.7 Å². The second kappa shape index (κ2) is 6.92. The number of para-hydroxylation sites is 2. The number of aromatic nitrogens is 5. The van der Waals surface area contributed by atoms with Gasteiger partial charge in [-0.25, -0.2) is 15.0 Å². The van der Waals surface area contributed by atoms with Crippen molar-refractivity contribution in [2.75, 3.05) is 13.1 Å². The zero-order valence-corrected chi connectivity index (χ0v) is 15.3. The summed E-state index contributed by atoms with van der Waals surface area (Å²) in [6.45, 7) is 1.45. The Labute approximate surface area is 162 Å². The smallest absolute Gasteiger partial charge is 0.255 e. The molecule has 28 heavy (non-hydrogen) atoms. The summed E-state index contributed by atoms with van der Waals surface area (Å²) in [7, 11) is 0. The Morgan fingerprint density at radius 2 is 1.96 bits per heavy atom. The molecule has 0 aliphatic carbocycles. The van der Waals surface area contributed by atoms with Crippen LogP contribution in [-0.2, 0) is 0 Å². The van der Waals surface area contributed by atoms with E-state index in [1.165, 1.54) is 0 Å². The quantitative estimate of drug-likeness (QED) is 0.599. The number of nitrogens with zero attached hydrogens (tertiary/aromatic N) is 5. The molecule has 0 saturated carbocycles. The number of pyridine rings is 1. The number of likely N-dealkylation sites (tertiary alicyclic amines) is 1. The summed E-state index contributed by atoms with van der Waals surface area (Å²) in [6, 6.07) is 11.8. The van der Waals surface area contributed by atoms with Gasteiger partial charge in [0.1, 0.15) is 18.0 Å². The molecule has 1 saturated heterocycles. The van der Waals surface area contributed by atoms with Gasteiger partial charge in [-0.05, 0) is 37.1 Å². The van der Waals surface area contributed by atoms with Crippen LogP contribution in [0.3, 0.4) is 0 Å². The Morgan fingerprint density at radius 3 is 2.68 bits per heavy atom. The van der Waals surface area contributed by atoms with Crippen LogP contribution in [0.4, 0.5) is 0 Å². The van der Waals surface area contributed by atoms with Crippen LogP contribution in [0.1, 0.15) is 34.9 Å². The molecule has 1 amide bonds. The number of aromatic amines is 1. The van der Waals surface area contributed by atoms with Gasteiger partial charge in [-0.1, -0.05) is 12.1 Å². The third-order valence-electron chi connectivity index (χ3n) is 5.34. The molecular formula is C21H20N6O. The van der Waals surface area contributed by atoms with E-state index < -0.39 is 0 Å². The number of hydrogen-bond donors (Lipinski definition) is 1. The molecule has 0 unspecified atom stereocenters. The maximum Gasteiger partial charge on any atom is 0.255 e. The molecule has 0 atom stereocenters. The van der Waals surface area contributed by atoms with Crippen molar-refractivity contribution >= 4 is 16.9 Å². The maximum atomic E-state index is 12.8. The van der Waals surface area contributed by atoms with E-state index in [4.69, 9.17) is 4.98 Å². The molecule has 1 N–H and O–H groups in total. The van der Waals surface area contributed by atoms with E-state index in [2.05, 4.69) is 15.0 Å². The molecule has 3 aromatic heterocycles. The number of imidazole rings is 2. The Bertz CT molecular complexity index is 1060. The fourth-order valence-corrected chi connectivity index (χ4v) is 3.76. The highest BCUT2D eigenvalue weighted by molar-refractivity contribution is 5.94. The lowest BCUT2D eigenvalue weighted by Crippen LogP contribution is -2.38. The molecule has 1 aromatic carbocycles. The highest BCUT2D eigenvalue weighted by Crippen LogP contribution is 2.28. The van der Waals surface area contributed by atoms with Crippen LogP contribution >= 0.6 is 0 Å². The number of hydrogen-bond acceptors (Lipinski definition) is 4. The van der Waals surface area contributed by atoms with Gasteiger partial charge in [0.25, 0.3) is 5.91 Å². The predicted octanol–water partition coefficient (Wildman–Crippen LogP) is 3.16. The van der Waals surface area contributed by atoms with Crippen LogP contribution in [0.15, 0.2) is 61.3 Å². The van der Waals surface area contributed by atoms with E-state index in [-0.39, 0.29) is 5.91 Å². The average Bonchev–Trinajstić information content (AvgIpc) is 3.43. The third kappa shape index (κ3) is 3.05. The van der Waals surface area contributed by atoms with Gasteiger partial charge in [-0.15, -0.1) is 0 Å². The van der Waals surface area contributed by atoms with Gasteiger partial charge < -0.3 is 9.88 Å². The SMILES string of the molecule is O=C(c1ccc(-n2ccnc2)nc1)N1CCC(c2nc3ccccc3[nH]2)CC1. The second-order valence-electron chi connectivity index (χ2n) is 7.08. The number of fused-ring (bicyclic) bond motifs is 1. The van der Waals surface area contributed by atoms with E-state index in [0.29, 0.717) is 11.5 Å². The van der Waals surface area contributed by atoms with Crippen LogP contribution in [-0.4, -0.2) is 48.4 Å². The lowest BCUT2D eigenvalue weighted by atomic mass is 9.96. The van der Waals surface area contributed by atoms with Crippen molar-refractivity contribution in [2.24, 2.45) is 0 Å². The van der Waals surface area contributed by atoms with E-state index >= 15 is 0 Å². The minimum absolute atomic E-state index is 0.0349. The lowest BCUT2D eigenvalue weighted by molar-refractivity contribution is 0.0711. The first-order valence-corrected chi connectivity index (χ1v) is 9.46. The molecule has 140 valence electrons. The van der Waals surface area contributed by atoms with Crippen LogP contribution in [0.5, 0.6) is 0 Å². The lowest BCUT2D eigenvalue weighted by Gasteiger charge is -2.31. The molecule has 1 aliphatic rings. The second-order valence-corrected chi connectivity index (χ2v) is 7.08. The molecule has 5 rings (SSSR count). The van der Waals surface area contributed by atoms with Gasteiger partial charge >= 0.3 is 0 Å². The normalized spacial score (nSPS) is 15.2. The Kier molecular flexibility index (Phi) is 4.12. The number of piperidine rings is 1. The van der Waals surface area contributed by atoms with Gasteiger partial charge in [0.15, 0.2) is 0 Å². The average molecular weight is 372 g/mol.